The Kier molecular flexibility index (Phi) is 3.96. The fourth-order valence-electron chi connectivity index (χ4n) is 2.89. The zero-order chi connectivity index (χ0) is 18.1. The van der Waals surface area contributed by atoms with Crippen molar-refractivity contribution < 1.29 is 4.79 Å². The molecular weight excluding hydrogens is 328 g/mol. The summed E-state index contributed by atoms with van der Waals surface area (Å²) in [6.45, 7) is 4.70. The summed E-state index contributed by atoms with van der Waals surface area (Å²) in [5, 5.41) is 7.34. The fourth-order valence-corrected chi connectivity index (χ4v) is 2.89. The lowest BCUT2D eigenvalue weighted by Gasteiger charge is -2.07. The number of benzene rings is 1. The number of hydrogen-bond donors (Lipinski definition) is 1. The van der Waals surface area contributed by atoms with Gasteiger partial charge in [0.15, 0.2) is 5.65 Å². The number of rotatable bonds is 4. The van der Waals surface area contributed by atoms with E-state index in [2.05, 4.69) is 20.4 Å². The number of fused-ring (bicyclic) bond motifs is 1. The highest BCUT2D eigenvalue weighted by Gasteiger charge is 2.10. The van der Waals surface area contributed by atoms with E-state index in [1.807, 2.05) is 48.9 Å². The minimum absolute atomic E-state index is 0.179. The van der Waals surface area contributed by atoms with Gasteiger partial charge in [-0.2, -0.15) is 5.10 Å². The summed E-state index contributed by atoms with van der Waals surface area (Å²) in [5.74, 6) is 0.431. The molecule has 1 aromatic carbocycles. The predicted octanol–water partition coefficient (Wildman–Crippen LogP) is 2.84. The minimum Gasteiger partial charge on any atom is -0.306 e. The number of aryl methyl sites for hydroxylation is 2. The summed E-state index contributed by atoms with van der Waals surface area (Å²) >= 11 is 0. The first-order chi connectivity index (χ1) is 12.6. The highest BCUT2D eigenvalue weighted by Crippen LogP contribution is 2.13. The summed E-state index contributed by atoms with van der Waals surface area (Å²) in [5.41, 5.74) is 4.48. The van der Waals surface area contributed by atoms with Crippen LogP contribution in [0.1, 0.15) is 27.3 Å². The topological polar surface area (TPSA) is 77.1 Å². The van der Waals surface area contributed by atoms with Crippen molar-refractivity contribution in [2.75, 3.05) is 5.32 Å². The molecule has 0 aliphatic heterocycles. The maximum Gasteiger partial charge on any atom is 0.256 e. The Morgan fingerprint density at radius 2 is 1.96 bits per heavy atom. The van der Waals surface area contributed by atoms with Crippen LogP contribution in [-0.2, 0) is 6.54 Å². The maximum absolute atomic E-state index is 12.5. The van der Waals surface area contributed by atoms with Crippen LogP contribution in [0, 0.1) is 13.8 Å². The van der Waals surface area contributed by atoms with Gasteiger partial charge in [0.1, 0.15) is 5.82 Å². The molecule has 7 heteroatoms. The monoisotopic (exact) mass is 346 g/mol. The molecule has 3 aromatic heterocycles. The second kappa shape index (κ2) is 6.44. The SMILES string of the molecule is Cc1cc(C)n(Cc2ccc(C(=O)Nc3cnc4cnccn34)cc2)n1. The lowest BCUT2D eigenvalue weighted by molar-refractivity contribution is 0.102. The molecule has 0 spiro atoms. The first kappa shape index (κ1) is 16.0. The molecule has 0 atom stereocenters. The summed E-state index contributed by atoms with van der Waals surface area (Å²) < 4.78 is 3.74. The smallest absolute Gasteiger partial charge is 0.256 e. The van der Waals surface area contributed by atoms with E-state index in [4.69, 9.17) is 0 Å². The number of amides is 1. The third-order valence-electron chi connectivity index (χ3n) is 4.21. The van der Waals surface area contributed by atoms with Crippen molar-refractivity contribution in [1.82, 2.24) is 24.1 Å². The summed E-state index contributed by atoms with van der Waals surface area (Å²) in [7, 11) is 0. The van der Waals surface area contributed by atoms with Crippen LogP contribution in [0.15, 0.2) is 55.1 Å². The van der Waals surface area contributed by atoms with Gasteiger partial charge in [-0.25, -0.2) is 4.98 Å². The van der Waals surface area contributed by atoms with E-state index in [0.29, 0.717) is 23.6 Å². The number of aromatic nitrogens is 5. The molecule has 0 saturated heterocycles. The summed E-state index contributed by atoms with van der Waals surface area (Å²) in [6, 6.07) is 9.59. The number of imidazole rings is 1. The maximum atomic E-state index is 12.5. The average Bonchev–Trinajstić information content (AvgIpc) is 3.18. The number of carbonyl (C=O) groups is 1. The highest BCUT2D eigenvalue weighted by atomic mass is 16.1. The number of nitrogens with one attached hydrogen (secondary N) is 1. The molecule has 0 aliphatic rings. The fraction of sp³-hybridized carbons (Fsp3) is 0.158. The van der Waals surface area contributed by atoms with Crippen molar-refractivity contribution in [3.63, 3.8) is 0 Å². The normalized spacial score (nSPS) is 11.0. The molecule has 3 heterocycles. The Hall–Kier alpha value is -3.48. The zero-order valence-electron chi connectivity index (χ0n) is 14.5. The van der Waals surface area contributed by atoms with Gasteiger partial charge in [0.25, 0.3) is 5.91 Å². The van der Waals surface area contributed by atoms with Crippen LogP contribution < -0.4 is 5.32 Å². The number of nitrogens with zero attached hydrogens (tertiary/aromatic N) is 5. The van der Waals surface area contributed by atoms with E-state index in [-0.39, 0.29) is 5.91 Å². The molecule has 4 aromatic rings. The first-order valence-electron chi connectivity index (χ1n) is 8.28. The molecule has 0 bridgehead atoms. The molecule has 0 unspecified atom stereocenters. The first-order valence-corrected chi connectivity index (χ1v) is 8.28. The second-order valence-corrected chi connectivity index (χ2v) is 6.18. The average molecular weight is 346 g/mol. The standard InChI is InChI=1S/C19H18N6O/c1-13-9-14(2)25(23-13)12-15-3-5-16(6-4-15)19(26)22-18-11-21-17-10-20-7-8-24(17)18/h3-11H,12H2,1-2H3,(H,22,26). The third-order valence-corrected chi connectivity index (χ3v) is 4.21. The Labute approximate surface area is 150 Å². The number of carbonyl (C=O) groups excluding carboxylic acids is 1. The van der Waals surface area contributed by atoms with E-state index in [1.165, 1.54) is 0 Å². The molecule has 0 fully saturated rings. The molecule has 0 aliphatic carbocycles. The molecular formula is C19H18N6O. The molecule has 1 N–H and O–H groups in total. The van der Waals surface area contributed by atoms with Crippen LogP contribution >= 0.6 is 0 Å². The third kappa shape index (κ3) is 3.06. The van der Waals surface area contributed by atoms with Crippen molar-refractivity contribution in [3.8, 4) is 0 Å². The zero-order valence-corrected chi connectivity index (χ0v) is 14.5. The van der Waals surface area contributed by atoms with Gasteiger partial charge in [-0.1, -0.05) is 12.1 Å². The number of hydrogen-bond acceptors (Lipinski definition) is 4. The number of anilines is 1. The Balaban J connectivity index is 1.49. The van der Waals surface area contributed by atoms with Crippen molar-refractivity contribution in [2.24, 2.45) is 0 Å². The van der Waals surface area contributed by atoms with Crippen LogP contribution in [0.25, 0.3) is 5.65 Å². The summed E-state index contributed by atoms with van der Waals surface area (Å²) in [6.07, 6.45) is 6.67. The Bertz CT molecular complexity index is 1080. The van der Waals surface area contributed by atoms with Gasteiger partial charge in [-0.05, 0) is 37.6 Å². The van der Waals surface area contributed by atoms with Crippen LogP contribution in [0.2, 0.25) is 0 Å². The molecule has 130 valence electrons. The summed E-state index contributed by atoms with van der Waals surface area (Å²) in [4.78, 5) is 20.7. The van der Waals surface area contributed by atoms with Gasteiger partial charge in [-0.15, -0.1) is 0 Å². The van der Waals surface area contributed by atoms with Gasteiger partial charge in [0.2, 0.25) is 0 Å². The molecule has 26 heavy (non-hydrogen) atoms. The van der Waals surface area contributed by atoms with Crippen molar-refractivity contribution in [2.45, 2.75) is 20.4 Å². The van der Waals surface area contributed by atoms with Crippen molar-refractivity contribution in [3.05, 3.63) is 77.6 Å². The van der Waals surface area contributed by atoms with Gasteiger partial charge in [0, 0.05) is 23.7 Å². The van der Waals surface area contributed by atoms with Gasteiger partial charge >= 0.3 is 0 Å². The van der Waals surface area contributed by atoms with E-state index < -0.39 is 0 Å². The van der Waals surface area contributed by atoms with E-state index in [0.717, 1.165) is 17.0 Å². The Morgan fingerprint density at radius 1 is 1.15 bits per heavy atom. The van der Waals surface area contributed by atoms with Crippen LogP contribution in [0.5, 0.6) is 0 Å². The van der Waals surface area contributed by atoms with E-state index in [9.17, 15) is 4.79 Å². The van der Waals surface area contributed by atoms with Crippen molar-refractivity contribution >= 4 is 17.4 Å². The predicted molar refractivity (Wildman–Crippen MR) is 98.2 cm³/mol. The van der Waals surface area contributed by atoms with Gasteiger partial charge in [-0.3, -0.25) is 18.9 Å². The lowest BCUT2D eigenvalue weighted by Crippen LogP contribution is -2.13. The van der Waals surface area contributed by atoms with Crippen LogP contribution in [0.4, 0.5) is 5.82 Å². The van der Waals surface area contributed by atoms with Crippen LogP contribution in [-0.4, -0.2) is 30.1 Å². The van der Waals surface area contributed by atoms with E-state index >= 15 is 0 Å². The van der Waals surface area contributed by atoms with Crippen molar-refractivity contribution in [1.29, 1.82) is 0 Å². The minimum atomic E-state index is -0.179. The molecule has 1 amide bonds. The lowest BCUT2D eigenvalue weighted by atomic mass is 10.1. The van der Waals surface area contributed by atoms with Gasteiger partial charge < -0.3 is 5.32 Å². The quantitative estimate of drug-likeness (QED) is 0.616. The largest absolute Gasteiger partial charge is 0.306 e. The molecule has 7 nitrogen and oxygen atoms in total. The molecule has 0 radical (unpaired) electrons. The van der Waals surface area contributed by atoms with E-state index in [1.54, 1.807) is 29.2 Å². The highest BCUT2D eigenvalue weighted by molar-refractivity contribution is 6.03. The van der Waals surface area contributed by atoms with Gasteiger partial charge in [0.05, 0.1) is 24.6 Å². The molecule has 0 saturated carbocycles. The second-order valence-electron chi connectivity index (χ2n) is 6.18. The Morgan fingerprint density at radius 3 is 2.69 bits per heavy atom. The molecule has 4 rings (SSSR count). The van der Waals surface area contributed by atoms with Crippen LogP contribution in [0.3, 0.4) is 0 Å².